The molecule has 0 aliphatic heterocycles. The Labute approximate surface area is 175 Å². The Morgan fingerprint density at radius 1 is 0.821 bits per heavy atom. The average Bonchev–Trinajstić information content (AvgIpc) is 2.99. The van der Waals surface area contributed by atoms with Gasteiger partial charge >= 0.3 is 0 Å². The van der Waals surface area contributed by atoms with E-state index in [1.165, 1.54) is 64.2 Å². The summed E-state index contributed by atoms with van der Waals surface area (Å²) < 4.78 is 0. The van der Waals surface area contributed by atoms with Crippen LogP contribution in [-0.4, -0.2) is 11.2 Å². The molecule has 1 N–H and O–H groups in total. The van der Waals surface area contributed by atoms with Gasteiger partial charge in [-0.25, -0.2) is 0 Å². The Morgan fingerprint density at radius 3 is 2.29 bits per heavy atom. The van der Waals surface area contributed by atoms with Crippen LogP contribution >= 0.6 is 0 Å². The zero-order valence-electron chi connectivity index (χ0n) is 19.6. The molecule has 0 radical (unpaired) electrons. The summed E-state index contributed by atoms with van der Waals surface area (Å²) >= 11 is 0. The number of aliphatic hydroxyl groups excluding tert-OH is 1. The van der Waals surface area contributed by atoms with Crippen LogP contribution in [0, 0.1) is 52.3 Å². The van der Waals surface area contributed by atoms with E-state index < -0.39 is 0 Å². The Hall–Kier alpha value is -0.0400. The first-order chi connectivity index (χ1) is 13.3. The number of hydrogen-bond acceptors (Lipinski definition) is 1. The largest absolute Gasteiger partial charge is 0.393 e. The molecule has 4 aliphatic carbocycles. The minimum atomic E-state index is -0.00830. The Balaban J connectivity index is 1.46. The second-order valence-corrected chi connectivity index (χ2v) is 12.6. The van der Waals surface area contributed by atoms with Crippen molar-refractivity contribution in [3.63, 3.8) is 0 Å². The van der Waals surface area contributed by atoms with Crippen LogP contribution < -0.4 is 0 Å². The minimum Gasteiger partial charge on any atom is -0.393 e. The smallest absolute Gasteiger partial charge is 0.0543 e. The quantitative estimate of drug-likeness (QED) is 0.518. The fraction of sp³-hybridized carbons (Fsp3) is 1.00. The van der Waals surface area contributed by atoms with Crippen molar-refractivity contribution in [2.24, 2.45) is 52.3 Å². The first-order valence-electron chi connectivity index (χ1n) is 12.9. The van der Waals surface area contributed by atoms with E-state index in [2.05, 4.69) is 34.6 Å². The number of hydrogen-bond donors (Lipinski definition) is 1. The van der Waals surface area contributed by atoms with E-state index in [0.717, 1.165) is 54.3 Å². The molecule has 0 spiro atoms. The van der Waals surface area contributed by atoms with E-state index in [-0.39, 0.29) is 6.10 Å². The first kappa shape index (κ1) is 21.2. The maximum absolute atomic E-state index is 10.3. The van der Waals surface area contributed by atoms with Crippen LogP contribution in [0.3, 0.4) is 0 Å². The molecule has 4 rings (SSSR count). The summed E-state index contributed by atoms with van der Waals surface area (Å²) in [4.78, 5) is 0. The van der Waals surface area contributed by atoms with Crippen LogP contribution in [0.5, 0.6) is 0 Å². The summed E-state index contributed by atoms with van der Waals surface area (Å²) in [6.45, 7) is 12.7. The molecular weight excluding hydrogens is 340 g/mol. The third-order valence-corrected chi connectivity index (χ3v) is 10.8. The molecule has 4 aliphatic rings. The zero-order valence-corrected chi connectivity index (χ0v) is 19.6. The van der Waals surface area contributed by atoms with E-state index >= 15 is 0 Å². The molecule has 0 bridgehead atoms. The standard InChI is InChI=1S/C27H48O/c1-18(2)7-6-8-19(3)23-11-12-24-22-10-9-20-17-21(28)13-15-26(20,4)25(22)14-16-27(23,24)5/h18-25,28H,6-17H2,1-5H3/t19-,20+,21?,22-,23-,24+,25+,26+,27-/m1/s1. The van der Waals surface area contributed by atoms with Gasteiger partial charge in [0.25, 0.3) is 0 Å². The normalized spacial score (nSPS) is 49.4. The van der Waals surface area contributed by atoms with E-state index in [1.807, 2.05) is 0 Å². The summed E-state index contributed by atoms with van der Waals surface area (Å²) in [6, 6.07) is 0. The summed E-state index contributed by atoms with van der Waals surface area (Å²) in [5.74, 6) is 6.49. The summed E-state index contributed by atoms with van der Waals surface area (Å²) in [7, 11) is 0. The first-order valence-corrected chi connectivity index (χ1v) is 12.9. The Morgan fingerprint density at radius 2 is 1.54 bits per heavy atom. The van der Waals surface area contributed by atoms with Gasteiger partial charge in [-0.1, -0.05) is 53.9 Å². The predicted octanol–water partition coefficient (Wildman–Crippen LogP) is 7.47. The van der Waals surface area contributed by atoms with Crippen LogP contribution in [0.15, 0.2) is 0 Å². The molecule has 0 amide bonds. The molecule has 28 heavy (non-hydrogen) atoms. The third kappa shape index (κ3) is 3.50. The number of fused-ring (bicyclic) bond motifs is 5. The van der Waals surface area contributed by atoms with Crippen molar-refractivity contribution in [3.05, 3.63) is 0 Å². The highest BCUT2D eigenvalue weighted by Crippen LogP contribution is 2.68. The van der Waals surface area contributed by atoms with Gasteiger partial charge in [-0.05, 0) is 110 Å². The highest BCUT2D eigenvalue weighted by molar-refractivity contribution is 5.09. The highest BCUT2D eigenvalue weighted by atomic mass is 16.3. The third-order valence-electron chi connectivity index (χ3n) is 10.8. The second-order valence-electron chi connectivity index (χ2n) is 12.6. The van der Waals surface area contributed by atoms with Gasteiger partial charge in [0.15, 0.2) is 0 Å². The minimum absolute atomic E-state index is 0.00830. The fourth-order valence-corrected chi connectivity index (χ4v) is 9.26. The second kappa shape index (κ2) is 7.90. The van der Waals surface area contributed by atoms with Crippen LogP contribution in [0.4, 0.5) is 0 Å². The molecule has 0 aromatic rings. The van der Waals surface area contributed by atoms with Crippen molar-refractivity contribution in [2.45, 2.75) is 118 Å². The van der Waals surface area contributed by atoms with Crippen LogP contribution in [0.2, 0.25) is 0 Å². The van der Waals surface area contributed by atoms with Crippen molar-refractivity contribution < 1.29 is 5.11 Å². The van der Waals surface area contributed by atoms with Crippen LogP contribution in [0.25, 0.3) is 0 Å². The average molecular weight is 389 g/mol. The van der Waals surface area contributed by atoms with E-state index in [0.29, 0.717) is 10.8 Å². The van der Waals surface area contributed by atoms with Gasteiger partial charge in [-0.3, -0.25) is 0 Å². The summed E-state index contributed by atoms with van der Waals surface area (Å²) in [5.41, 5.74) is 1.15. The summed E-state index contributed by atoms with van der Waals surface area (Å²) in [6.07, 6.45) is 16.6. The maximum Gasteiger partial charge on any atom is 0.0543 e. The number of aliphatic hydroxyl groups is 1. The lowest BCUT2D eigenvalue weighted by Crippen LogP contribution is -2.54. The van der Waals surface area contributed by atoms with E-state index in [1.54, 1.807) is 0 Å². The SMILES string of the molecule is CC(C)CCC[C@@H](C)[C@H]1CC[C@H]2[C@H]3CC[C@H]4CC(O)CC[C@]4(C)[C@H]3CC[C@]12C. The lowest BCUT2D eigenvalue weighted by atomic mass is 9.44. The van der Waals surface area contributed by atoms with Crippen molar-refractivity contribution in [2.75, 3.05) is 0 Å². The molecule has 1 heteroatoms. The molecular formula is C27H48O. The van der Waals surface area contributed by atoms with Gasteiger partial charge in [-0.15, -0.1) is 0 Å². The monoisotopic (exact) mass is 388 g/mol. The van der Waals surface area contributed by atoms with E-state index in [9.17, 15) is 5.11 Å². The van der Waals surface area contributed by atoms with Crippen molar-refractivity contribution in [3.8, 4) is 0 Å². The highest BCUT2D eigenvalue weighted by Gasteiger charge is 2.60. The fourth-order valence-electron chi connectivity index (χ4n) is 9.26. The molecule has 0 heterocycles. The molecule has 162 valence electrons. The molecule has 0 saturated heterocycles. The maximum atomic E-state index is 10.3. The topological polar surface area (TPSA) is 20.2 Å². The van der Waals surface area contributed by atoms with Gasteiger partial charge in [0, 0.05) is 0 Å². The van der Waals surface area contributed by atoms with Gasteiger partial charge < -0.3 is 5.11 Å². The molecule has 1 unspecified atom stereocenters. The predicted molar refractivity (Wildman–Crippen MR) is 119 cm³/mol. The lowest BCUT2D eigenvalue weighted by Gasteiger charge is -2.61. The van der Waals surface area contributed by atoms with Crippen molar-refractivity contribution in [1.82, 2.24) is 0 Å². The zero-order chi connectivity index (χ0) is 20.1. The van der Waals surface area contributed by atoms with Gasteiger partial charge in [0.2, 0.25) is 0 Å². The lowest BCUT2D eigenvalue weighted by molar-refractivity contribution is -0.129. The van der Waals surface area contributed by atoms with Crippen LogP contribution in [-0.2, 0) is 0 Å². The molecule has 9 atom stereocenters. The Bertz CT molecular complexity index is 540. The van der Waals surface area contributed by atoms with Gasteiger partial charge in [-0.2, -0.15) is 0 Å². The van der Waals surface area contributed by atoms with Gasteiger partial charge in [0.05, 0.1) is 6.10 Å². The molecule has 0 aromatic heterocycles. The molecule has 1 nitrogen and oxygen atoms in total. The molecule has 0 aromatic carbocycles. The van der Waals surface area contributed by atoms with Crippen molar-refractivity contribution >= 4 is 0 Å². The van der Waals surface area contributed by atoms with E-state index in [4.69, 9.17) is 0 Å². The van der Waals surface area contributed by atoms with Crippen LogP contribution in [0.1, 0.15) is 112 Å². The summed E-state index contributed by atoms with van der Waals surface area (Å²) in [5, 5.41) is 10.3. The molecule has 4 saturated carbocycles. The Kier molecular flexibility index (Phi) is 5.98. The van der Waals surface area contributed by atoms with Crippen molar-refractivity contribution in [1.29, 1.82) is 0 Å². The van der Waals surface area contributed by atoms with Gasteiger partial charge in [0.1, 0.15) is 0 Å². The molecule has 4 fully saturated rings. The number of rotatable bonds is 5.